The average Bonchev–Trinajstić information content (AvgIpc) is 2.74. The summed E-state index contributed by atoms with van der Waals surface area (Å²) in [7, 11) is 0. The second-order valence-corrected chi connectivity index (χ2v) is 14.5. The number of rotatable bonds is 1. The minimum atomic E-state index is -0.153. The monoisotopic (exact) mass is 442 g/mol. The SMILES string of the molecule is C[C@H]1[C@@H](C)CC[C@]2(CO)CC[C@]3(C)C(=CC[C@@H]4[C@@]5(C)CC[C@H](O)C(C)(C)[C@H]5CC[C@]43C)[C@@H]12. The molecule has 2 heteroatoms. The standard InChI is InChI=1S/C30H50O2/c1-19-10-15-30(18-31)17-16-28(6)21(25(30)20(19)2)8-9-23-27(5)13-12-24(32)26(3,4)22(27)11-14-29(23,28)7/h8,19-20,22-25,31-32H,9-18H2,1-7H3/t19-,20-,22+,23+,24-,25+,27-,28+,29+,30+/m0/s1. The quantitative estimate of drug-likeness (QED) is 0.429. The molecule has 0 aromatic heterocycles. The third-order valence-corrected chi connectivity index (χ3v) is 13.5. The van der Waals surface area contributed by atoms with E-state index in [4.69, 9.17) is 0 Å². The summed E-state index contributed by atoms with van der Waals surface area (Å²) < 4.78 is 0. The van der Waals surface area contributed by atoms with Crippen LogP contribution in [0.25, 0.3) is 0 Å². The molecular formula is C30H50O2. The maximum Gasteiger partial charge on any atom is 0.0594 e. The van der Waals surface area contributed by atoms with Gasteiger partial charge in [0.15, 0.2) is 0 Å². The van der Waals surface area contributed by atoms with Crippen LogP contribution in [0.5, 0.6) is 0 Å². The van der Waals surface area contributed by atoms with E-state index in [1.165, 1.54) is 51.4 Å². The Kier molecular flexibility index (Phi) is 5.19. The van der Waals surface area contributed by atoms with Gasteiger partial charge in [-0.2, -0.15) is 0 Å². The third-order valence-electron chi connectivity index (χ3n) is 13.5. The van der Waals surface area contributed by atoms with Gasteiger partial charge in [0.25, 0.3) is 0 Å². The molecule has 0 saturated heterocycles. The number of aliphatic hydroxyl groups is 2. The Morgan fingerprint density at radius 2 is 1.59 bits per heavy atom. The van der Waals surface area contributed by atoms with Crippen molar-refractivity contribution in [2.45, 2.75) is 112 Å². The van der Waals surface area contributed by atoms with Crippen LogP contribution in [0.1, 0.15) is 106 Å². The van der Waals surface area contributed by atoms with E-state index < -0.39 is 0 Å². The van der Waals surface area contributed by atoms with Gasteiger partial charge in [-0.05, 0) is 109 Å². The van der Waals surface area contributed by atoms with Gasteiger partial charge in [0.05, 0.1) is 6.10 Å². The van der Waals surface area contributed by atoms with Gasteiger partial charge in [-0.25, -0.2) is 0 Å². The smallest absolute Gasteiger partial charge is 0.0594 e. The van der Waals surface area contributed by atoms with E-state index in [0.29, 0.717) is 41.1 Å². The Labute approximate surface area is 197 Å². The molecule has 4 saturated carbocycles. The molecule has 0 unspecified atom stereocenters. The Balaban J connectivity index is 1.59. The van der Waals surface area contributed by atoms with E-state index in [1.807, 2.05) is 0 Å². The topological polar surface area (TPSA) is 40.5 Å². The molecule has 0 amide bonds. The zero-order chi connectivity index (χ0) is 23.3. The first-order valence-corrected chi connectivity index (χ1v) is 13.9. The molecule has 32 heavy (non-hydrogen) atoms. The van der Waals surface area contributed by atoms with Gasteiger partial charge in [0.1, 0.15) is 0 Å². The number of aliphatic hydroxyl groups excluding tert-OH is 2. The van der Waals surface area contributed by atoms with E-state index in [-0.39, 0.29) is 22.3 Å². The molecule has 10 atom stereocenters. The lowest BCUT2D eigenvalue weighted by molar-refractivity contribution is -0.205. The van der Waals surface area contributed by atoms with E-state index in [0.717, 1.165) is 12.3 Å². The van der Waals surface area contributed by atoms with Crippen molar-refractivity contribution in [1.29, 1.82) is 0 Å². The summed E-state index contributed by atoms with van der Waals surface area (Å²) in [5.41, 5.74) is 2.77. The van der Waals surface area contributed by atoms with Crippen LogP contribution < -0.4 is 0 Å². The first-order valence-electron chi connectivity index (χ1n) is 13.9. The molecule has 4 fully saturated rings. The fourth-order valence-corrected chi connectivity index (χ4v) is 10.9. The van der Waals surface area contributed by atoms with Crippen LogP contribution in [0.4, 0.5) is 0 Å². The molecule has 0 bridgehead atoms. The fourth-order valence-electron chi connectivity index (χ4n) is 10.9. The fraction of sp³-hybridized carbons (Fsp3) is 0.933. The zero-order valence-electron chi connectivity index (χ0n) is 22.0. The van der Waals surface area contributed by atoms with E-state index in [9.17, 15) is 10.2 Å². The summed E-state index contributed by atoms with van der Waals surface area (Å²) >= 11 is 0. The molecule has 2 N–H and O–H groups in total. The minimum absolute atomic E-state index is 0.0190. The Hall–Kier alpha value is -0.340. The molecule has 0 spiro atoms. The number of fused-ring (bicyclic) bond motifs is 7. The lowest BCUT2D eigenvalue weighted by Gasteiger charge is -2.71. The van der Waals surface area contributed by atoms with Crippen LogP contribution in [-0.4, -0.2) is 22.9 Å². The van der Waals surface area contributed by atoms with Gasteiger partial charge in [0, 0.05) is 12.0 Å². The molecule has 0 radical (unpaired) electrons. The van der Waals surface area contributed by atoms with Gasteiger partial charge in [-0.3, -0.25) is 0 Å². The number of hydrogen-bond donors (Lipinski definition) is 2. The Morgan fingerprint density at radius 3 is 2.28 bits per heavy atom. The van der Waals surface area contributed by atoms with Crippen LogP contribution in [0.3, 0.4) is 0 Å². The summed E-state index contributed by atoms with van der Waals surface area (Å²) in [6.07, 6.45) is 13.4. The molecule has 182 valence electrons. The molecule has 5 aliphatic carbocycles. The van der Waals surface area contributed by atoms with Gasteiger partial charge in [-0.1, -0.05) is 60.1 Å². The largest absolute Gasteiger partial charge is 0.396 e. The molecule has 5 aliphatic rings. The van der Waals surface area contributed by atoms with Crippen molar-refractivity contribution in [1.82, 2.24) is 0 Å². The first-order chi connectivity index (χ1) is 14.9. The van der Waals surface area contributed by atoms with E-state index in [2.05, 4.69) is 54.5 Å². The van der Waals surface area contributed by atoms with Crippen molar-refractivity contribution in [3.63, 3.8) is 0 Å². The summed E-state index contributed by atoms with van der Waals surface area (Å²) in [5.74, 6) is 3.29. The van der Waals surface area contributed by atoms with Gasteiger partial charge in [0.2, 0.25) is 0 Å². The van der Waals surface area contributed by atoms with Crippen LogP contribution >= 0.6 is 0 Å². The van der Waals surface area contributed by atoms with Gasteiger partial charge < -0.3 is 10.2 Å². The van der Waals surface area contributed by atoms with Crippen molar-refractivity contribution in [3.05, 3.63) is 11.6 Å². The van der Waals surface area contributed by atoms with Gasteiger partial charge >= 0.3 is 0 Å². The number of hydrogen-bond acceptors (Lipinski definition) is 2. The zero-order valence-corrected chi connectivity index (χ0v) is 22.0. The third kappa shape index (κ3) is 2.66. The van der Waals surface area contributed by atoms with Crippen molar-refractivity contribution >= 4 is 0 Å². The summed E-state index contributed by atoms with van der Waals surface area (Å²) in [4.78, 5) is 0. The van der Waals surface area contributed by atoms with Crippen molar-refractivity contribution in [3.8, 4) is 0 Å². The Morgan fingerprint density at radius 1 is 0.875 bits per heavy atom. The molecule has 2 nitrogen and oxygen atoms in total. The molecule has 0 aromatic carbocycles. The predicted octanol–water partition coefficient (Wildman–Crippen LogP) is 7.00. The highest BCUT2D eigenvalue weighted by atomic mass is 16.3. The van der Waals surface area contributed by atoms with Crippen LogP contribution in [0.15, 0.2) is 11.6 Å². The van der Waals surface area contributed by atoms with E-state index >= 15 is 0 Å². The normalized spacial score (nSPS) is 56.8. The first kappa shape index (κ1) is 23.4. The molecule has 0 aliphatic heterocycles. The summed E-state index contributed by atoms with van der Waals surface area (Å²) in [5, 5.41) is 21.6. The summed E-state index contributed by atoms with van der Waals surface area (Å²) in [6, 6.07) is 0. The lowest BCUT2D eigenvalue weighted by Crippen LogP contribution is -2.65. The highest BCUT2D eigenvalue weighted by Gasteiger charge is 2.68. The lowest BCUT2D eigenvalue weighted by atomic mass is 9.33. The van der Waals surface area contributed by atoms with Crippen LogP contribution in [0, 0.1) is 56.7 Å². The maximum absolute atomic E-state index is 10.9. The minimum Gasteiger partial charge on any atom is -0.396 e. The van der Waals surface area contributed by atoms with Crippen LogP contribution in [-0.2, 0) is 0 Å². The van der Waals surface area contributed by atoms with Crippen molar-refractivity contribution in [2.75, 3.05) is 6.61 Å². The number of allylic oxidation sites excluding steroid dienone is 2. The van der Waals surface area contributed by atoms with Crippen LogP contribution in [0.2, 0.25) is 0 Å². The van der Waals surface area contributed by atoms with Crippen molar-refractivity contribution in [2.24, 2.45) is 56.7 Å². The van der Waals surface area contributed by atoms with E-state index in [1.54, 1.807) is 5.57 Å². The molecule has 5 rings (SSSR count). The molecular weight excluding hydrogens is 392 g/mol. The summed E-state index contributed by atoms with van der Waals surface area (Å²) in [6.45, 7) is 17.9. The van der Waals surface area contributed by atoms with Gasteiger partial charge in [-0.15, -0.1) is 0 Å². The predicted molar refractivity (Wildman–Crippen MR) is 132 cm³/mol. The van der Waals surface area contributed by atoms with Crippen molar-refractivity contribution < 1.29 is 10.2 Å². The second kappa shape index (κ2) is 7.09. The highest BCUT2D eigenvalue weighted by molar-refractivity contribution is 5.34. The molecule has 0 heterocycles. The second-order valence-electron chi connectivity index (χ2n) is 14.5. The molecule has 0 aromatic rings. The Bertz CT molecular complexity index is 799. The average molecular weight is 443 g/mol. The maximum atomic E-state index is 10.9. The highest BCUT2D eigenvalue weighted by Crippen LogP contribution is 2.75.